The molecule has 0 amide bonds. The smallest absolute Gasteiger partial charge is 0.270 e. The summed E-state index contributed by atoms with van der Waals surface area (Å²) >= 11 is 0. The standard InChI is InChI=1S/C14H12N2O3/c1-10-2-4-12(5-3-10)15-9-11-8-13(16(18)19)6-7-14(11)17/h2-9,17H,1H3/b15-9+. The largest absolute Gasteiger partial charge is 0.507 e. The molecule has 0 bridgehead atoms. The second kappa shape index (κ2) is 5.30. The lowest BCUT2D eigenvalue weighted by molar-refractivity contribution is -0.384. The number of hydrogen-bond donors (Lipinski definition) is 1. The van der Waals surface area contributed by atoms with Gasteiger partial charge in [-0.05, 0) is 25.1 Å². The zero-order valence-electron chi connectivity index (χ0n) is 10.3. The first-order chi connectivity index (χ1) is 9.06. The summed E-state index contributed by atoms with van der Waals surface area (Å²) in [5.74, 6) is -0.0403. The van der Waals surface area contributed by atoms with Gasteiger partial charge in [0.05, 0.1) is 10.6 Å². The maximum absolute atomic E-state index is 10.7. The molecule has 0 aliphatic heterocycles. The monoisotopic (exact) mass is 256 g/mol. The number of benzene rings is 2. The number of hydrogen-bond acceptors (Lipinski definition) is 4. The van der Waals surface area contributed by atoms with Gasteiger partial charge in [-0.1, -0.05) is 17.7 Å². The highest BCUT2D eigenvalue weighted by molar-refractivity contribution is 5.86. The van der Waals surface area contributed by atoms with Crippen LogP contribution >= 0.6 is 0 Å². The Balaban J connectivity index is 2.29. The lowest BCUT2D eigenvalue weighted by Crippen LogP contribution is -1.90. The minimum Gasteiger partial charge on any atom is -0.507 e. The van der Waals surface area contributed by atoms with Crippen molar-refractivity contribution in [1.82, 2.24) is 0 Å². The highest BCUT2D eigenvalue weighted by Gasteiger charge is 2.08. The molecule has 0 atom stereocenters. The van der Waals surface area contributed by atoms with E-state index in [0.29, 0.717) is 5.56 Å². The van der Waals surface area contributed by atoms with E-state index in [1.54, 1.807) is 0 Å². The fraction of sp³-hybridized carbons (Fsp3) is 0.0714. The quantitative estimate of drug-likeness (QED) is 0.519. The first-order valence-electron chi connectivity index (χ1n) is 5.64. The maximum atomic E-state index is 10.7. The topological polar surface area (TPSA) is 75.7 Å². The molecule has 0 aliphatic carbocycles. The fourth-order valence-corrected chi connectivity index (χ4v) is 1.53. The van der Waals surface area contributed by atoms with Gasteiger partial charge in [0.2, 0.25) is 0 Å². The lowest BCUT2D eigenvalue weighted by atomic mass is 10.2. The van der Waals surface area contributed by atoms with Crippen molar-refractivity contribution in [2.75, 3.05) is 0 Å². The molecular formula is C14H12N2O3. The van der Waals surface area contributed by atoms with Crippen LogP contribution in [-0.2, 0) is 0 Å². The molecule has 5 nitrogen and oxygen atoms in total. The summed E-state index contributed by atoms with van der Waals surface area (Å²) in [7, 11) is 0. The number of aryl methyl sites for hydroxylation is 1. The summed E-state index contributed by atoms with van der Waals surface area (Å²) in [5.41, 5.74) is 2.08. The number of nitrogens with zero attached hydrogens (tertiary/aromatic N) is 2. The number of rotatable bonds is 3. The molecule has 0 spiro atoms. The van der Waals surface area contributed by atoms with Gasteiger partial charge < -0.3 is 5.11 Å². The number of non-ortho nitro benzene ring substituents is 1. The second-order valence-electron chi connectivity index (χ2n) is 4.09. The predicted molar refractivity (Wildman–Crippen MR) is 73.2 cm³/mol. The van der Waals surface area contributed by atoms with E-state index in [4.69, 9.17) is 0 Å². The summed E-state index contributed by atoms with van der Waals surface area (Å²) in [6, 6.07) is 11.3. The van der Waals surface area contributed by atoms with Crippen molar-refractivity contribution in [3.8, 4) is 5.75 Å². The molecule has 0 unspecified atom stereocenters. The summed E-state index contributed by atoms with van der Waals surface area (Å²) in [6.45, 7) is 1.97. The Hall–Kier alpha value is -2.69. The molecule has 2 aromatic carbocycles. The molecule has 0 aromatic heterocycles. The van der Waals surface area contributed by atoms with Crippen molar-refractivity contribution >= 4 is 17.6 Å². The number of nitro groups is 1. The molecule has 1 N–H and O–H groups in total. The summed E-state index contributed by atoms with van der Waals surface area (Å²) < 4.78 is 0. The third-order valence-corrected chi connectivity index (χ3v) is 2.61. The van der Waals surface area contributed by atoms with E-state index in [1.807, 2.05) is 31.2 Å². The third-order valence-electron chi connectivity index (χ3n) is 2.61. The number of nitro benzene ring substituents is 1. The summed E-state index contributed by atoms with van der Waals surface area (Å²) in [6.07, 6.45) is 1.41. The van der Waals surface area contributed by atoms with Crippen LogP contribution in [0.4, 0.5) is 11.4 Å². The maximum Gasteiger partial charge on any atom is 0.270 e. The summed E-state index contributed by atoms with van der Waals surface area (Å²) in [5, 5.41) is 20.3. The zero-order valence-corrected chi connectivity index (χ0v) is 10.3. The normalized spacial score (nSPS) is 10.8. The summed E-state index contributed by atoms with van der Waals surface area (Å²) in [4.78, 5) is 14.3. The number of phenols is 1. The van der Waals surface area contributed by atoms with Gasteiger partial charge in [-0.3, -0.25) is 15.1 Å². The molecule has 0 radical (unpaired) electrons. The van der Waals surface area contributed by atoms with Crippen molar-refractivity contribution in [1.29, 1.82) is 0 Å². The van der Waals surface area contributed by atoms with Crippen LogP contribution in [0.1, 0.15) is 11.1 Å². The van der Waals surface area contributed by atoms with Gasteiger partial charge in [-0.15, -0.1) is 0 Å². The SMILES string of the molecule is Cc1ccc(/N=C/c2cc([N+](=O)[O-])ccc2O)cc1. The van der Waals surface area contributed by atoms with Gasteiger partial charge in [-0.25, -0.2) is 0 Å². The number of phenolic OH excluding ortho intramolecular Hbond substituents is 1. The van der Waals surface area contributed by atoms with Gasteiger partial charge in [-0.2, -0.15) is 0 Å². The predicted octanol–water partition coefficient (Wildman–Crippen LogP) is 3.36. The van der Waals surface area contributed by atoms with Crippen LogP contribution in [0.25, 0.3) is 0 Å². The van der Waals surface area contributed by atoms with Crippen LogP contribution in [0, 0.1) is 17.0 Å². The average molecular weight is 256 g/mol. The van der Waals surface area contributed by atoms with Crippen molar-refractivity contribution < 1.29 is 10.0 Å². The molecule has 0 saturated carbocycles. The van der Waals surface area contributed by atoms with Gasteiger partial charge in [0.15, 0.2) is 0 Å². The molecule has 2 rings (SSSR count). The molecule has 2 aromatic rings. The molecule has 0 aliphatic rings. The Bertz CT molecular complexity index is 634. The van der Waals surface area contributed by atoms with E-state index in [9.17, 15) is 15.2 Å². The van der Waals surface area contributed by atoms with Crippen molar-refractivity contribution in [2.45, 2.75) is 6.92 Å². The van der Waals surface area contributed by atoms with Crippen molar-refractivity contribution in [2.24, 2.45) is 4.99 Å². The first-order valence-corrected chi connectivity index (χ1v) is 5.64. The van der Waals surface area contributed by atoms with Crippen LogP contribution in [0.3, 0.4) is 0 Å². The van der Waals surface area contributed by atoms with Crippen molar-refractivity contribution in [3.63, 3.8) is 0 Å². The Morgan fingerprint density at radius 1 is 1.21 bits per heavy atom. The van der Waals surface area contributed by atoms with E-state index >= 15 is 0 Å². The van der Waals surface area contributed by atoms with Crippen molar-refractivity contribution in [3.05, 3.63) is 63.7 Å². The van der Waals surface area contributed by atoms with E-state index in [1.165, 1.54) is 24.4 Å². The molecule has 0 fully saturated rings. The fourth-order valence-electron chi connectivity index (χ4n) is 1.53. The number of aromatic hydroxyl groups is 1. The number of aliphatic imine (C=N–C) groups is 1. The van der Waals surface area contributed by atoms with Crippen LogP contribution < -0.4 is 0 Å². The molecule has 5 heteroatoms. The van der Waals surface area contributed by atoms with Gasteiger partial charge >= 0.3 is 0 Å². The van der Waals surface area contributed by atoms with E-state index in [0.717, 1.165) is 11.3 Å². The van der Waals surface area contributed by atoms with E-state index in [2.05, 4.69) is 4.99 Å². The Morgan fingerprint density at radius 3 is 2.53 bits per heavy atom. The highest BCUT2D eigenvalue weighted by Crippen LogP contribution is 2.22. The third kappa shape index (κ3) is 3.16. The van der Waals surface area contributed by atoms with Crippen LogP contribution in [0.2, 0.25) is 0 Å². The first kappa shape index (κ1) is 12.8. The lowest BCUT2D eigenvalue weighted by Gasteiger charge is -1.99. The Morgan fingerprint density at radius 2 is 1.89 bits per heavy atom. The molecule has 0 saturated heterocycles. The molecule has 0 heterocycles. The Labute approximate surface area is 110 Å². The van der Waals surface area contributed by atoms with E-state index < -0.39 is 4.92 Å². The van der Waals surface area contributed by atoms with Crippen LogP contribution in [0.15, 0.2) is 47.5 Å². The molecule has 96 valence electrons. The van der Waals surface area contributed by atoms with E-state index in [-0.39, 0.29) is 11.4 Å². The minimum absolute atomic E-state index is 0.0403. The van der Waals surface area contributed by atoms with Crippen LogP contribution in [0.5, 0.6) is 5.75 Å². The molecule has 19 heavy (non-hydrogen) atoms. The van der Waals surface area contributed by atoms with Crippen LogP contribution in [-0.4, -0.2) is 16.2 Å². The highest BCUT2D eigenvalue weighted by atomic mass is 16.6. The average Bonchev–Trinajstić information content (AvgIpc) is 2.39. The molecular weight excluding hydrogens is 244 g/mol. The van der Waals surface area contributed by atoms with Gasteiger partial charge in [0.25, 0.3) is 5.69 Å². The zero-order chi connectivity index (χ0) is 13.8. The second-order valence-corrected chi connectivity index (χ2v) is 4.09. The van der Waals surface area contributed by atoms with Gasteiger partial charge in [0.1, 0.15) is 5.75 Å². The Kier molecular flexibility index (Phi) is 3.56. The minimum atomic E-state index is -0.511. The van der Waals surface area contributed by atoms with Gasteiger partial charge in [0, 0.05) is 23.9 Å².